The van der Waals surface area contributed by atoms with E-state index in [1.807, 2.05) is 12.1 Å². The number of piperidine rings is 1. The summed E-state index contributed by atoms with van der Waals surface area (Å²) >= 11 is 0.980. The minimum Gasteiger partial charge on any atom is -0.691 e. The molecule has 1 unspecified atom stereocenters. The summed E-state index contributed by atoms with van der Waals surface area (Å²) in [6.07, 6.45) is 4.30. The van der Waals surface area contributed by atoms with Crippen molar-refractivity contribution >= 4 is 12.0 Å². The molecule has 1 saturated heterocycles. The van der Waals surface area contributed by atoms with Crippen LogP contribution in [0.3, 0.4) is 0 Å². The summed E-state index contributed by atoms with van der Waals surface area (Å²) in [5, 5.41) is 15.2. The van der Waals surface area contributed by atoms with Gasteiger partial charge in [0.15, 0.2) is 0 Å². The first-order chi connectivity index (χ1) is 13.3. The van der Waals surface area contributed by atoms with E-state index in [0.717, 1.165) is 37.1 Å². The zero-order valence-corrected chi connectivity index (χ0v) is 19.5. The van der Waals surface area contributed by atoms with Crippen LogP contribution in [0, 0.1) is 0 Å². The van der Waals surface area contributed by atoms with Gasteiger partial charge >= 0.3 is 18.9 Å². The van der Waals surface area contributed by atoms with Crippen LogP contribution in [-0.2, 0) is 14.2 Å². The average molecular weight is 420 g/mol. The van der Waals surface area contributed by atoms with E-state index >= 15 is 0 Å². The first-order valence-corrected chi connectivity index (χ1v) is 10.9. The Bertz CT molecular complexity index is 586. The van der Waals surface area contributed by atoms with Crippen molar-refractivity contribution in [2.75, 3.05) is 19.0 Å². The summed E-state index contributed by atoms with van der Waals surface area (Å²) in [4.78, 5) is 6.34. The maximum atomic E-state index is 9.72. The molecule has 0 N–H and O–H groups in total. The van der Waals surface area contributed by atoms with Gasteiger partial charge in [-0.05, 0) is 71.1 Å². The minimum atomic E-state index is 0. The molecule has 0 saturated carbocycles. The van der Waals surface area contributed by atoms with Crippen molar-refractivity contribution < 1.29 is 43.1 Å². The Labute approximate surface area is 191 Å². The Morgan fingerprint density at radius 3 is 2.52 bits per heavy atom. The van der Waals surface area contributed by atoms with Gasteiger partial charge in [0.25, 0.3) is 0 Å². The van der Waals surface area contributed by atoms with Gasteiger partial charge in [0.2, 0.25) is 0 Å². The van der Waals surface area contributed by atoms with Crippen LogP contribution in [0.25, 0.3) is 0 Å². The summed E-state index contributed by atoms with van der Waals surface area (Å²) in [7, 11) is 0. The van der Waals surface area contributed by atoms with Crippen LogP contribution in [0.15, 0.2) is 24.3 Å². The van der Waals surface area contributed by atoms with E-state index in [4.69, 9.17) is 9.57 Å². The molecule has 1 fully saturated rings. The number of rotatable bonds is 11. The number of hydrogen-bond donors (Lipinski definition) is 0. The van der Waals surface area contributed by atoms with Gasteiger partial charge < -0.3 is 9.99 Å². The second kappa shape index (κ2) is 12.6. The third kappa shape index (κ3) is 8.43. The molecule has 29 heavy (non-hydrogen) atoms. The number of benzene rings is 1. The second-order valence-corrected chi connectivity index (χ2v) is 9.48. The molecule has 8 heteroatoms. The van der Waals surface area contributed by atoms with Crippen molar-refractivity contribution in [3.8, 4) is 5.75 Å². The predicted molar refractivity (Wildman–Crippen MR) is 109 cm³/mol. The molecule has 1 aliphatic rings. The number of nitrogens with zero attached hydrogens (tertiary/aromatic N) is 1. The fraction of sp³-hybridized carbons (Fsp3) is 0.714. The van der Waals surface area contributed by atoms with Crippen molar-refractivity contribution in [2.45, 2.75) is 77.3 Å². The van der Waals surface area contributed by atoms with E-state index in [9.17, 15) is 5.26 Å². The van der Waals surface area contributed by atoms with Crippen LogP contribution >= 0.6 is 12.0 Å². The summed E-state index contributed by atoms with van der Waals surface area (Å²) < 4.78 is 10.0. The van der Waals surface area contributed by atoms with Gasteiger partial charge in [0.1, 0.15) is 5.75 Å². The van der Waals surface area contributed by atoms with Gasteiger partial charge in [-0.25, -0.2) is 0 Å². The average Bonchev–Trinajstić information content (AvgIpc) is 2.63. The van der Waals surface area contributed by atoms with E-state index in [0.29, 0.717) is 19.0 Å². The first-order valence-electron chi connectivity index (χ1n) is 10.0. The number of hydroxylamine groups is 2. The Balaban J connectivity index is 0.00000420. The van der Waals surface area contributed by atoms with E-state index in [1.54, 1.807) is 0 Å². The van der Waals surface area contributed by atoms with Crippen LogP contribution in [0.4, 0.5) is 0 Å². The van der Waals surface area contributed by atoms with Crippen LogP contribution < -0.4 is 28.9 Å². The van der Waals surface area contributed by atoms with E-state index in [1.165, 1.54) is 12.0 Å². The maximum Gasteiger partial charge on any atom is 1.00 e. The molecule has 1 aromatic rings. The Hall–Kier alpha value is -0.233. The molecule has 2 rings (SSSR count). The van der Waals surface area contributed by atoms with Crippen molar-refractivity contribution in [3.63, 3.8) is 0 Å². The van der Waals surface area contributed by atoms with Crippen molar-refractivity contribution in [3.05, 3.63) is 29.8 Å². The zero-order valence-electron chi connectivity index (χ0n) is 18.7. The molecule has 1 atom stereocenters. The van der Waals surface area contributed by atoms with Gasteiger partial charge in [0, 0.05) is 34.8 Å². The molecule has 0 spiro atoms. The van der Waals surface area contributed by atoms with Crippen LogP contribution in [0.1, 0.15) is 71.8 Å². The van der Waals surface area contributed by atoms with Gasteiger partial charge in [-0.1, -0.05) is 19.1 Å². The fourth-order valence-corrected chi connectivity index (χ4v) is 4.22. The molecule has 0 bridgehead atoms. The Morgan fingerprint density at radius 1 is 1.17 bits per heavy atom. The SMILES string of the molecule is CC(CON1C(C)(C)CCCC1(C)C)c1cccc(OCCCSOO[O-])c1.[Li+]. The summed E-state index contributed by atoms with van der Waals surface area (Å²) in [6, 6.07) is 8.16. The minimum absolute atomic E-state index is 0. The largest absolute Gasteiger partial charge is 1.00 e. The van der Waals surface area contributed by atoms with Crippen LogP contribution in [0.5, 0.6) is 5.75 Å². The fourth-order valence-electron chi connectivity index (χ4n) is 3.88. The molecule has 0 aromatic heterocycles. The summed E-state index contributed by atoms with van der Waals surface area (Å²) in [5.41, 5.74) is 1.29. The number of ether oxygens (including phenoxy) is 1. The molecule has 6 nitrogen and oxygen atoms in total. The van der Waals surface area contributed by atoms with Gasteiger partial charge in [-0.2, -0.15) is 9.40 Å². The quantitative estimate of drug-likeness (QED) is 0.177. The number of hydrogen-bond acceptors (Lipinski definition) is 7. The van der Waals surface area contributed by atoms with Gasteiger partial charge in [0.05, 0.1) is 13.2 Å². The van der Waals surface area contributed by atoms with Crippen molar-refractivity contribution in [1.29, 1.82) is 0 Å². The topological polar surface area (TPSA) is 63.2 Å². The normalized spacial score (nSPS) is 19.4. The molecule has 1 heterocycles. The standard InChI is InChI=1S/C21H35NO5S.Li/c1-17(16-25-22-20(2,3)11-7-12-21(22,4)5)18-9-6-10-19(15-18)24-13-8-14-28-27-26-23;/h6,9-10,15,17,23H,7-8,11-14,16H2,1-5H3;/q;+1/p-1. The third-order valence-corrected chi connectivity index (χ3v) is 5.88. The smallest absolute Gasteiger partial charge is 0.691 e. The molecule has 0 amide bonds. The second-order valence-electron chi connectivity index (χ2n) is 8.70. The zero-order chi connectivity index (χ0) is 20.6. The van der Waals surface area contributed by atoms with Crippen molar-refractivity contribution in [2.24, 2.45) is 0 Å². The summed E-state index contributed by atoms with van der Waals surface area (Å²) in [6.45, 7) is 12.4. The molecular weight excluding hydrogens is 385 g/mol. The first kappa shape index (κ1) is 26.8. The van der Waals surface area contributed by atoms with Crippen molar-refractivity contribution in [1.82, 2.24) is 5.06 Å². The summed E-state index contributed by atoms with van der Waals surface area (Å²) in [5.74, 6) is 1.73. The van der Waals surface area contributed by atoms with Gasteiger partial charge in [-0.3, -0.25) is 9.88 Å². The van der Waals surface area contributed by atoms with Crippen LogP contribution in [0.2, 0.25) is 0 Å². The van der Waals surface area contributed by atoms with Gasteiger partial charge in [-0.15, -0.1) is 0 Å². The Kier molecular flexibility index (Phi) is 11.6. The van der Waals surface area contributed by atoms with E-state index in [2.05, 4.69) is 61.2 Å². The predicted octanol–water partition coefficient (Wildman–Crippen LogP) is 1.41. The molecule has 0 radical (unpaired) electrons. The maximum absolute atomic E-state index is 9.72. The molecule has 1 aromatic carbocycles. The Morgan fingerprint density at radius 2 is 1.86 bits per heavy atom. The molecule has 1 aliphatic heterocycles. The van der Waals surface area contributed by atoms with Crippen LogP contribution in [-0.4, -0.2) is 35.1 Å². The third-order valence-electron chi connectivity index (χ3n) is 5.27. The monoisotopic (exact) mass is 419 g/mol. The molecular formula is C21H34LiNO5S. The van der Waals surface area contributed by atoms with E-state index in [-0.39, 0.29) is 35.9 Å². The van der Waals surface area contributed by atoms with E-state index < -0.39 is 0 Å². The molecule has 0 aliphatic carbocycles. The molecule has 160 valence electrons.